The number of sulfonamides is 1. The Morgan fingerprint density at radius 2 is 2.04 bits per heavy atom. The number of benzene rings is 1. The molecule has 1 aromatic carbocycles. The Bertz CT molecular complexity index is 931. The third kappa shape index (κ3) is 4.48. The monoisotopic (exact) mass is 393 g/mol. The predicted molar refractivity (Wildman–Crippen MR) is 98.5 cm³/mol. The Hall–Kier alpha value is -1.97. The van der Waals surface area contributed by atoms with Crippen LogP contribution < -0.4 is 4.72 Å². The highest BCUT2D eigenvalue weighted by Gasteiger charge is 2.38. The van der Waals surface area contributed by atoms with Crippen molar-refractivity contribution in [1.29, 1.82) is 0 Å². The highest BCUT2D eigenvalue weighted by atomic mass is 32.2. The van der Waals surface area contributed by atoms with Crippen molar-refractivity contribution < 1.29 is 22.8 Å². The second-order valence-corrected chi connectivity index (χ2v) is 9.34. The number of para-hydroxylation sites is 1. The van der Waals surface area contributed by atoms with E-state index < -0.39 is 16.0 Å². The zero-order chi connectivity index (χ0) is 19.0. The molecule has 0 saturated heterocycles. The molecule has 146 valence electrons. The van der Waals surface area contributed by atoms with E-state index in [0.29, 0.717) is 35.4 Å². The number of aromatic nitrogens is 1. The highest BCUT2D eigenvalue weighted by Crippen LogP contribution is 2.34. The first-order valence-electron chi connectivity index (χ1n) is 9.19. The fourth-order valence-corrected chi connectivity index (χ4v) is 5.00. The zero-order valence-electron chi connectivity index (χ0n) is 14.9. The van der Waals surface area contributed by atoms with Crippen molar-refractivity contribution in [2.24, 2.45) is 5.92 Å². The van der Waals surface area contributed by atoms with Gasteiger partial charge in [-0.1, -0.05) is 17.3 Å². The molecule has 0 aliphatic heterocycles. The van der Waals surface area contributed by atoms with Crippen LogP contribution in [0, 0.1) is 5.92 Å². The SMILES string of the molecule is O=C(O)CN(CC1CC1)C1CC(NS(=O)(=O)Cc2noc3ccccc23)C1. The molecule has 0 unspecified atom stereocenters. The number of hydrogen-bond donors (Lipinski definition) is 2. The average Bonchev–Trinajstić information content (AvgIpc) is 3.30. The molecule has 2 aromatic rings. The van der Waals surface area contributed by atoms with Crippen LogP contribution in [0.4, 0.5) is 0 Å². The molecule has 0 radical (unpaired) electrons. The molecule has 8 nitrogen and oxygen atoms in total. The van der Waals surface area contributed by atoms with Gasteiger partial charge >= 0.3 is 5.97 Å². The minimum Gasteiger partial charge on any atom is -0.480 e. The average molecular weight is 393 g/mol. The molecule has 2 fully saturated rings. The van der Waals surface area contributed by atoms with Gasteiger partial charge in [-0.3, -0.25) is 9.69 Å². The molecule has 0 amide bonds. The van der Waals surface area contributed by atoms with Gasteiger partial charge < -0.3 is 9.63 Å². The van der Waals surface area contributed by atoms with Crippen molar-refractivity contribution in [2.75, 3.05) is 13.1 Å². The lowest BCUT2D eigenvalue weighted by Crippen LogP contribution is -2.55. The number of carboxylic acid groups (broad SMARTS) is 1. The van der Waals surface area contributed by atoms with Gasteiger partial charge in [-0.05, 0) is 43.7 Å². The smallest absolute Gasteiger partial charge is 0.317 e. The Kier molecular flexibility index (Phi) is 4.92. The maximum Gasteiger partial charge on any atom is 0.317 e. The lowest BCUT2D eigenvalue weighted by Gasteiger charge is -2.42. The Labute approximate surface area is 157 Å². The molecule has 2 aliphatic carbocycles. The van der Waals surface area contributed by atoms with E-state index in [9.17, 15) is 13.2 Å². The van der Waals surface area contributed by atoms with E-state index in [-0.39, 0.29) is 24.4 Å². The van der Waals surface area contributed by atoms with Crippen LogP contribution >= 0.6 is 0 Å². The van der Waals surface area contributed by atoms with Crippen LogP contribution in [0.5, 0.6) is 0 Å². The van der Waals surface area contributed by atoms with Gasteiger partial charge in [0, 0.05) is 24.0 Å². The summed E-state index contributed by atoms with van der Waals surface area (Å²) < 4.78 is 32.9. The van der Waals surface area contributed by atoms with Crippen molar-refractivity contribution in [3.63, 3.8) is 0 Å². The van der Waals surface area contributed by atoms with Gasteiger partial charge in [-0.15, -0.1) is 0 Å². The van der Waals surface area contributed by atoms with E-state index in [1.54, 1.807) is 12.1 Å². The van der Waals surface area contributed by atoms with Gasteiger partial charge in [0.05, 0.1) is 6.54 Å². The number of nitrogens with zero attached hydrogens (tertiary/aromatic N) is 2. The van der Waals surface area contributed by atoms with Gasteiger partial charge in [0.15, 0.2) is 5.58 Å². The van der Waals surface area contributed by atoms with Crippen molar-refractivity contribution in [2.45, 2.75) is 43.5 Å². The zero-order valence-corrected chi connectivity index (χ0v) is 15.7. The first-order chi connectivity index (χ1) is 12.9. The van der Waals surface area contributed by atoms with E-state index in [0.717, 1.165) is 19.4 Å². The van der Waals surface area contributed by atoms with Crippen LogP contribution in [-0.4, -0.2) is 54.7 Å². The predicted octanol–water partition coefficient (Wildman–Crippen LogP) is 1.57. The lowest BCUT2D eigenvalue weighted by molar-refractivity contribution is -0.139. The third-order valence-corrected chi connectivity index (χ3v) is 6.63. The van der Waals surface area contributed by atoms with Crippen LogP contribution in [0.25, 0.3) is 11.0 Å². The summed E-state index contributed by atoms with van der Waals surface area (Å²) in [6.45, 7) is 0.812. The van der Waals surface area contributed by atoms with Crippen molar-refractivity contribution in [3.8, 4) is 0 Å². The van der Waals surface area contributed by atoms with Crippen molar-refractivity contribution in [3.05, 3.63) is 30.0 Å². The Morgan fingerprint density at radius 3 is 2.74 bits per heavy atom. The van der Waals surface area contributed by atoms with Crippen molar-refractivity contribution >= 4 is 27.0 Å². The third-order valence-electron chi connectivity index (χ3n) is 5.28. The summed E-state index contributed by atoms with van der Waals surface area (Å²) in [6.07, 6.45) is 3.59. The minimum absolute atomic E-state index is 0.0194. The molecule has 27 heavy (non-hydrogen) atoms. The Balaban J connectivity index is 1.33. The molecule has 2 aliphatic rings. The molecule has 0 bridgehead atoms. The molecular weight excluding hydrogens is 370 g/mol. The van der Waals surface area contributed by atoms with E-state index in [4.69, 9.17) is 9.63 Å². The fraction of sp³-hybridized carbons (Fsp3) is 0.556. The fourth-order valence-electron chi connectivity index (χ4n) is 3.65. The number of fused-ring (bicyclic) bond motifs is 1. The summed E-state index contributed by atoms with van der Waals surface area (Å²) in [4.78, 5) is 13.1. The van der Waals surface area contributed by atoms with E-state index in [2.05, 4.69) is 9.88 Å². The van der Waals surface area contributed by atoms with Gasteiger partial charge in [-0.2, -0.15) is 0 Å². The molecule has 9 heteroatoms. The van der Waals surface area contributed by atoms with Crippen LogP contribution in [0.1, 0.15) is 31.4 Å². The number of aliphatic carboxylic acids is 1. The summed E-state index contributed by atoms with van der Waals surface area (Å²) in [7, 11) is -3.55. The molecule has 2 N–H and O–H groups in total. The first-order valence-corrected chi connectivity index (χ1v) is 10.8. The number of carbonyl (C=O) groups is 1. The summed E-state index contributed by atoms with van der Waals surface area (Å²) >= 11 is 0. The normalized spacial score (nSPS) is 22.9. The lowest BCUT2D eigenvalue weighted by atomic mass is 9.86. The Morgan fingerprint density at radius 1 is 1.30 bits per heavy atom. The number of nitrogens with one attached hydrogen (secondary N) is 1. The summed E-state index contributed by atoms with van der Waals surface area (Å²) in [5.41, 5.74) is 0.964. The van der Waals surface area contributed by atoms with Gasteiger partial charge in [0.25, 0.3) is 0 Å². The van der Waals surface area contributed by atoms with Crippen LogP contribution in [0.3, 0.4) is 0 Å². The minimum atomic E-state index is -3.55. The van der Waals surface area contributed by atoms with Crippen LogP contribution in [0.15, 0.2) is 28.8 Å². The molecule has 0 spiro atoms. The van der Waals surface area contributed by atoms with Crippen molar-refractivity contribution in [1.82, 2.24) is 14.8 Å². The summed E-state index contributed by atoms with van der Waals surface area (Å²) in [6, 6.07) is 7.13. The highest BCUT2D eigenvalue weighted by molar-refractivity contribution is 7.88. The quantitative estimate of drug-likeness (QED) is 0.665. The summed E-state index contributed by atoms with van der Waals surface area (Å²) in [5, 5.41) is 13.7. The summed E-state index contributed by atoms with van der Waals surface area (Å²) in [5.74, 6) is -0.468. The molecule has 1 aromatic heterocycles. The van der Waals surface area contributed by atoms with Crippen LogP contribution in [0.2, 0.25) is 0 Å². The van der Waals surface area contributed by atoms with Crippen LogP contribution in [-0.2, 0) is 20.6 Å². The standard InChI is InChI=1S/C18H23N3O5S/c22-18(23)10-21(9-12-5-6-12)14-7-13(8-14)20-27(24,25)11-16-15-3-1-2-4-17(15)26-19-16/h1-4,12-14,20H,5-11H2,(H,22,23). The van der Waals surface area contributed by atoms with Gasteiger partial charge in [-0.25, -0.2) is 13.1 Å². The van der Waals surface area contributed by atoms with Gasteiger partial charge in [0.1, 0.15) is 11.4 Å². The number of carboxylic acids is 1. The molecular formula is C18H23N3O5S. The number of hydrogen-bond acceptors (Lipinski definition) is 6. The second kappa shape index (κ2) is 7.21. The molecule has 0 atom stereocenters. The number of rotatable bonds is 9. The van der Waals surface area contributed by atoms with E-state index >= 15 is 0 Å². The van der Waals surface area contributed by atoms with Gasteiger partial charge in [0.2, 0.25) is 10.0 Å². The largest absolute Gasteiger partial charge is 0.480 e. The maximum absolute atomic E-state index is 12.5. The molecule has 2 saturated carbocycles. The maximum atomic E-state index is 12.5. The second-order valence-electron chi connectivity index (χ2n) is 7.59. The first kappa shape index (κ1) is 18.4. The molecule has 4 rings (SSSR count). The topological polar surface area (TPSA) is 113 Å². The van der Waals surface area contributed by atoms with E-state index in [1.165, 1.54) is 0 Å². The molecule has 1 heterocycles. The van der Waals surface area contributed by atoms with E-state index in [1.807, 2.05) is 17.0 Å².